The second-order valence-electron chi connectivity index (χ2n) is 5.56. The third-order valence-electron chi connectivity index (χ3n) is 3.77. The summed E-state index contributed by atoms with van der Waals surface area (Å²) < 4.78 is 15.7. The molecule has 1 fully saturated rings. The van der Waals surface area contributed by atoms with Crippen molar-refractivity contribution < 1.29 is 9.18 Å². The molecular formula is C15H14FN5OS. The third kappa shape index (κ3) is 2.65. The van der Waals surface area contributed by atoms with Gasteiger partial charge in [-0.3, -0.25) is 9.48 Å². The van der Waals surface area contributed by atoms with Crippen molar-refractivity contribution >= 4 is 32.6 Å². The van der Waals surface area contributed by atoms with Gasteiger partial charge in [0.25, 0.3) is 5.91 Å². The van der Waals surface area contributed by atoms with Crippen molar-refractivity contribution in [2.75, 3.05) is 18.0 Å². The highest BCUT2D eigenvalue weighted by atomic mass is 32.1. The van der Waals surface area contributed by atoms with Crippen molar-refractivity contribution in [3.05, 3.63) is 42.0 Å². The molecule has 0 radical (unpaired) electrons. The van der Waals surface area contributed by atoms with Gasteiger partial charge >= 0.3 is 0 Å². The molecular weight excluding hydrogens is 317 g/mol. The molecule has 0 unspecified atom stereocenters. The first kappa shape index (κ1) is 14.1. The van der Waals surface area contributed by atoms with Crippen molar-refractivity contribution in [3.8, 4) is 0 Å². The Labute approximate surface area is 135 Å². The molecule has 1 saturated heterocycles. The summed E-state index contributed by atoms with van der Waals surface area (Å²) in [6.07, 6.45) is 1.74. The molecule has 23 heavy (non-hydrogen) atoms. The van der Waals surface area contributed by atoms with E-state index in [2.05, 4.69) is 20.3 Å². The van der Waals surface area contributed by atoms with Gasteiger partial charge in [-0.2, -0.15) is 5.10 Å². The number of amides is 1. The van der Waals surface area contributed by atoms with E-state index in [1.54, 1.807) is 30.1 Å². The Morgan fingerprint density at radius 1 is 1.39 bits per heavy atom. The summed E-state index contributed by atoms with van der Waals surface area (Å²) in [7, 11) is 1.78. The van der Waals surface area contributed by atoms with Crippen molar-refractivity contribution in [1.82, 2.24) is 20.1 Å². The maximum absolute atomic E-state index is 13.2. The Morgan fingerprint density at radius 3 is 2.96 bits per heavy atom. The van der Waals surface area contributed by atoms with Crippen LogP contribution in [0.4, 0.5) is 9.52 Å². The van der Waals surface area contributed by atoms with Gasteiger partial charge < -0.3 is 10.2 Å². The average Bonchev–Trinajstić information content (AvgIpc) is 3.07. The molecule has 0 saturated carbocycles. The van der Waals surface area contributed by atoms with Gasteiger partial charge in [0.2, 0.25) is 0 Å². The molecule has 4 rings (SSSR count). The predicted octanol–water partition coefficient (Wildman–Crippen LogP) is 1.79. The number of rotatable bonds is 3. The van der Waals surface area contributed by atoms with Gasteiger partial charge in [0.15, 0.2) is 5.13 Å². The summed E-state index contributed by atoms with van der Waals surface area (Å²) in [6, 6.07) is 6.36. The van der Waals surface area contributed by atoms with Gasteiger partial charge in [0, 0.05) is 26.3 Å². The van der Waals surface area contributed by atoms with Crippen LogP contribution >= 0.6 is 11.3 Å². The van der Waals surface area contributed by atoms with Crippen LogP contribution in [0.25, 0.3) is 10.2 Å². The number of fused-ring (bicyclic) bond motifs is 1. The van der Waals surface area contributed by atoms with Crippen LogP contribution in [0, 0.1) is 5.82 Å². The number of carbonyl (C=O) groups is 1. The number of aryl methyl sites for hydroxylation is 1. The number of hydrogen-bond donors (Lipinski definition) is 1. The number of thiazole rings is 1. The van der Waals surface area contributed by atoms with Gasteiger partial charge in [-0.05, 0) is 24.3 Å². The highest BCUT2D eigenvalue weighted by molar-refractivity contribution is 7.22. The first-order valence-corrected chi connectivity index (χ1v) is 8.02. The summed E-state index contributed by atoms with van der Waals surface area (Å²) in [5.41, 5.74) is 1.22. The number of nitrogens with one attached hydrogen (secondary N) is 1. The number of carbonyl (C=O) groups excluding carboxylic acids is 1. The molecule has 0 aliphatic carbocycles. The molecule has 1 N–H and O–H groups in total. The zero-order chi connectivity index (χ0) is 16.0. The zero-order valence-electron chi connectivity index (χ0n) is 12.4. The van der Waals surface area contributed by atoms with E-state index >= 15 is 0 Å². The Kier molecular flexibility index (Phi) is 3.26. The van der Waals surface area contributed by atoms with E-state index in [4.69, 9.17) is 0 Å². The highest BCUT2D eigenvalue weighted by Gasteiger charge is 2.30. The molecule has 0 spiro atoms. The number of benzene rings is 1. The number of aromatic nitrogens is 3. The molecule has 118 valence electrons. The maximum atomic E-state index is 13.2. The Bertz CT molecular complexity index is 883. The Morgan fingerprint density at radius 2 is 2.22 bits per heavy atom. The minimum Gasteiger partial charge on any atom is -0.344 e. The van der Waals surface area contributed by atoms with Crippen LogP contribution < -0.4 is 10.2 Å². The van der Waals surface area contributed by atoms with Crippen LogP contribution in [-0.2, 0) is 7.05 Å². The van der Waals surface area contributed by atoms with Crippen LogP contribution in [0.3, 0.4) is 0 Å². The molecule has 1 aliphatic rings. The van der Waals surface area contributed by atoms with E-state index in [0.717, 1.165) is 15.3 Å². The second kappa shape index (κ2) is 5.31. The molecule has 1 aromatic carbocycles. The fourth-order valence-electron chi connectivity index (χ4n) is 2.54. The largest absolute Gasteiger partial charge is 0.344 e. The normalized spacial score (nSPS) is 15.0. The molecule has 0 bridgehead atoms. The minimum absolute atomic E-state index is 0.0771. The summed E-state index contributed by atoms with van der Waals surface area (Å²) in [5, 5.41) is 7.89. The first-order valence-electron chi connectivity index (χ1n) is 7.20. The minimum atomic E-state index is -0.253. The lowest BCUT2D eigenvalue weighted by atomic mass is 10.1. The van der Waals surface area contributed by atoms with Gasteiger partial charge in [0.1, 0.15) is 11.5 Å². The monoisotopic (exact) mass is 331 g/mol. The molecule has 3 aromatic rings. The lowest BCUT2D eigenvalue weighted by Crippen LogP contribution is -2.59. The lowest BCUT2D eigenvalue weighted by Gasteiger charge is -2.39. The summed E-state index contributed by atoms with van der Waals surface area (Å²) in [6.45, 7) is 1.39. The van der Waals surface area contributed by atoms with E-state index in [1.807, 2.05) is 0 Å². The Hall–Kier alpha value is -2.48. The standard InChI is InChI=1S/C15H14FN5OS/c1-20-5-4-12(19-20)14(22)17-10-7-21(8-10)15-18-11-3-2-9(16)6-13(11)23-15/h2-6,10H,7-8H2,1H3,(H,17,22). The maximum Gasteiger partial charge on any atom is 0.272 e. The smallest absolute Gasteiger partial charge is 0.272 e. The number of anilines is 1. The van der Waals surface area contributed by atoms with Gasteiger partial charge in [-0.25, -0.2) is 9.37 Å². The van der Waals surface area contributed by atoms with E-state index in [1.165, 1.54) is 23.5 Å². The quantitative estimate of drug-likeness (QED) is 0.795. The van der Waals surface area contributed by atoms with Gasteiger partial charge in [0.05, 0.1) is 16.3 Å². The van der Waals surface area contributed by atoms with Gasteiger partial charge in [-0.1, -0.05) is 11.3 Å². The highest BCUT2D eigenvalue weighted by Crippen LogP contribution is 2.31. The predicted molar refractivity (Wildman–Crippen MR) is 86.3 cm³/mol. The first-order chi connectivity index (χ1) is 11.1. The second-order valence-corrected chi connectivity index (χ2v) is 6.57. The zero-order valence-corrected chi connectivity index (χ0v) is 13.2. The number of hydrogen-bond acceptors (Lipinski definition) is 5. The molecule has 2 aromatic heterocycles. The molecule has 8 heteroatoms. The Balaban J connectivity index is 1.39. The average molecular weight is 331 g/mol. The topological polar surface area (TPSA) is 63.1 Å². The SMILES string of the molecule is Cn1ccc(C(=O)NC2CN(c3nc4ccc(F)cc4s3)C2)n1. The summed E-state index contributed by atoms with van der Waals surface area (Å²) >= 11 is 1.46. The van der Waals surface area contributed by atoms with Crippen LogP contribution in [0.5, 0.6) is 0 Å². The molecule has 3 heterocycles. The van der Waals surface area contributed by atoms with E-state index in [0.29, 0.717) is 18.8 Å². The molecule has 6 nitrogen and oxygen atoms in total. The fraction of sp³-hybridized carbons (Fsp3) is 0.267. The fourth-order valence-corrected chi connectivity index (χ4v) is 3.55. The number of nitrogens with zero attached hydrogens (tertiary/aromatic N) is 4. The number of halogens is 1. The van der Waals surface area contributed by atoms with Crippen molar-refractivity contribution in [2.24, 2.45) is 7.05 Å². The van der Waals surface area contributed by atoms with Crippen molar-refractivity contribution in [1.29, 1.82) is 0 Å². The third-order valence-corrected chi connectivity index (χ3v) is 4.85. The van der Waals surface area contributed by atoms with Crippen LogP contribution in [0.2, 0.25) is 0 Å². The van der Waals surface area contributed by atoms with Gasteiger partial charge in [-0.15, -0.1) is 0 Å². The van der Waals surface area contributed by atoms with Crippen molar-refractivity contribution in [2.45, 2.75) is 6.04 Å². The summed E-state index contributed by atoms with van der Waals surface area (Å²) in [5.74, 6) is -0.418. The van der Waals surface area contributed by atoms with Crippen molar-refractivity contribution in [3.63, 3.8) is 0 Å². The van der Waals surface area contributed by atoms with Crippen LogP contribution in [-0.4, -0.2) is 39.8 Å². The molecule has 1 aliphatic heterocycles. The molecule has 1 amide bonds. The lowest BCUT2D eigenvalue weighted by molar-refractivity contribution is 0.0924. The van der Waals surface area contributed by atoms with Crippen LogP contribution in [0.15, 0.2) is 30.5 Å². The molecule has 0 atom stereocenters. The van der Waals surface area contributed by atoms with E-state index in [9.17, 15) is 9.18 Å². The summed E-state index contributed by atoms with van der Waals surface area (Å²) in [4.78, 5) is 18.6. The van der Waals surface area contributed by atoms with E-state index < -0.39 is 0 Å². The van der Waals surface area contributed by atoms with E-state index in [-0.39, 0.29) is 17.8 Å². The van der Waals surface area contributed by atoms with Crippen LogP contribution in [0.1, 0.15) is 10.5 Å².